The van der Waals surface area contributed by atoms with Crippen molar-refractivity contribution < 1.29 is 14.3 Å². The molecule has 0 aromatic rings. The third kappa shape index (κ3) is 1.36. The van der Waals surface area contributed by atoms with E-state index >= 15 is 0 Å². The van der Waals surface area contributed by atoms with Gasteiger partial charge in [-0.25, -0.2) is 4.79 Å². The number of epoxide rings is 1. The van der Waals surface area contributed by atoms with Gasteiger partial charge in [-0.05, 0) is 6.92 Å². The minimum atomic E-state index is -0.346. The molecule has 0 aromatic heterocycles. The maximum absolute atomic E-state index is 10.7. The molecule has 0 unspecified atom stereocenters. The van der Waals surface area contributed by atoms with E-state index in [1.807, 2.05) is 19.1 Å². The smallest absolute Gasteiger partial charge is 0.338 e. The van der Waals surface area contributed by atoms with Gasteiger partial charge in [0.25, 0.3) is 0 Å². The van der Waals surface area contributed by atoms with Crippen molar-refractivity contribution in [2.45, 2.75) is 19.1 Å². The third-order valence-corrected chi connectivity index (χ3v) is 1.34. The second kappa shape index (κ2) is 2.84. The molecule has 0 aromatic carbocycles. The molecule has 1 saturated heterocycles. The molecule has 0 saturated carbocycles. The van der Waals surface area contributed by atoms with Gasteiger partial charge in [0.2, 0.25) is 0 Å². The molecule has 10 heavy (non-hydrogen) atoms. The van der Waals surface area contributed by atoms with Gasteiger partial charge in [0.1, 0.15) is 6.10 Å². The zero-order chi connectivity index (χ0) is 7.56. The fourth-order valence-electron chi connectivity index (χ4n) is 0.766. The van der Waals surface area contributed by atoms with Crippen LogP contribution < -0.4 is 0 Å². The van der Waals surface area contributed by atoms with E-state index in [2.05, 4.69) is 4.74 Å². The summed E-state index contributed by atoms with van der Waals surface area (Å²) in [5.41, 5.74) is 0. The number of esters is 1. The quantitative estimate of drug-likeness (QED) is 0.320. The lowest BCUT2D eigenvalue weighted by Crippen LogP contribution is -2.10. The van der Waals surface area contributed by atoms with Crippen LogP contribution >= 0.6 is 0 Å². The first kappa shape index (κ1) is 7.28. The van der Waals surface area contributed by atoms with Crippen LogP contribution in [0.2, 0.25) is 0 Å². The summed E-state index contributed by atoms with van der Waals surface area (Å²) >= 11 is 0. The van der Waals surface area contributed by atoms with E-state index in [0.29, 0.717) is 0 Å². The van der Waals surface area contributed by atoms with E-state index in [9.17, 15) is 4.79 Å². The van der Waals surface area contributed by atoms with Gasteiger partial charge in [-0.1, -0.05) is 12.2 Å². The van der Waals surface area contributed by atoms with Crippen molar-refractivity contribution >= 4 is 5.97 Å². The first-order valence-electron chi connectivity index (χ1n) is 3.15. The highest BCUT2D eigenvalue weighted by atomic mass is 16.6. The van der Waals surface area contributed by atoms with Crippen LogP contribution in [0.15, 0.2) is 12.2 Å². The Bertz CT molecular complexity index is 162. The van der Waals surface area contributed by atoms with Crippen LogP contribution in [-0.4, -0.2) is 25.3 Å². The number of hydrogen-bond acceptors (Lipinski definition) is 3. The van der Waals surface area contributed by atoms with E-state index in [1.54, 1.807) is 0 Å². The van der Waals surface area contributed by atoms with Crippen LogP contribution in [0.1, 0.15) is 6.92 Å². The summed E-state index contributed by atoms with van der Waals surface area (Å²) in [6.07, 6.45) is 3.30. The second-order valence-corrected chi connectivity index (χ2v) is 2.07. The van der Waals surface area contributed by atoms with Crippen molar-refractivity contribution in [3.63, 3.8) is 0 Å². The van der Waals surface area contributed by atoms with E-state index < -0.39 is 0 Å². The lowest BCUT2D eigenvalue weighted by atomic mass is 10.3. The van der Waals surface area contributed by atoms with Crippen LogP contribution in [-0.2, 0) is 14.3 Å². The fraction of sp³-hybridized carbons (Fsp3) is 0.571. The topological polar surface area (TPSA) is 38.8 Å². The maximum Gasteiger partial charge on any atom is 0.338 e. The average molecular weight is 142 g/mol. The van der Waals surface area contributed by atoms with E-state index in [1.165, 1.54) is 7.11 Å². The third-order valence-electron chi connectivity index (χ3n) is 1.34. The van der Waals surface area contributed by atoms with E-state index in [-0.39, 0.29) is 18.2 Å². The molecule has 1 aliphatic rings. The van der Waals surface area contributed by atoms with E-state index in [0.717, 1.165) is 0 Å². The Balaban J connectivity index is 2.31. The Morgan fingerprint density at radius 1 is 1.70 bits per heavy atom. The molecule has 0 spiro atoms. The maximum atomic E-state index is 10.7. The zero-order valence-electron chi connectivity index (χ0n) is 6.03. The Kier molecular flexibility index (Phi) is 2.06. The van der Waals surface area contributed by atoms with Crippen LogP contribution in [0.4, 0.5) is 0 Å². The van der Waals surface area contributed by atoms with Gasteiger partial charge in [0.15, 0.2) is 6.10 Å². The Morgan fingerprint density at radius 2 is 2.40 bits per heavy atom. The lowest BCUT2D eigenvalue weighted by Gasteiger charge is -1.88. The Morgan fingerprint density at radius 3 is 2.90 bits per heavy atom. The van der Waals surface area contributed by atoms with Crippen LogP contribution in [0.3, 0.4) is 0 Å². The molecule has 0 amide bonds. The molecule has 56 valence electrons. The molecule has 3 nitrogen and oxygen atoms in total. The van der Waals surface area contributed by atoms with E-state index in [4.69, 9.17) is 4.74 Å². The molecular weight excluding hydrogens is 132 g/mol. The summed E-state index contributed by atoms with van der Waals surface area (Å²) in [5.74, 6) is -0.289. The number of allylic oxidation sites excluding steroid dienone is 1. The minimum absolute atomic E-state index is 0.0440. The minimum Gasteiger partial charge on any atom is -0.467 e. The first-order chi connectivity index (χ1) is 4.79. The Labute approximate surface area is 59.6 Å². The van der Waals surface area contributed by atoms with Gasteiger partial charge in [0, 0.05) is 0 Å². The largest absolute Gasteiger partial charge is 0.467 e. The van der Waals surface area contributed by atoms with Gasteiger partial charge in [-0.3, -0.25) is 0 Å². The van der Waals surface area contributed by atoms with Crippen molar-refractivity contribution in [3.8, 4) is 0 Å². The molecular formula is C7H10O3. The fourth-order valence-corrected chi connectivity index (χ4v) is 0.766. The van der Waals surface area contributed by atoms with Gasteiger partial charge in [-0.2, -0.15) is 0 Å². The summed E-state index contributed by atoms with van der Waals surface area (Å²) in [6.45, 7) is 1.88. The molecule has 2 atom stereocenters. The van der Waals surface area contributed by atoms with Crippen molar-refractivity contribution in [1.29, 1.82) is 0 Å². The van der Waals surface area contributed by atoms with Gasteiger partial charge in [0.05, 0.1) is 7.11 Å². The molecule has 1 aliphatic heterocycles. The van der Waals surface area contributed by atoms with Crippen molar-refractivity contribution in [3.05, 3.63) is 12.2 Å². The molecule has 0 radical (unpaired) electrons. The second-order valence-electron chi connectivity index (χ2n) is 2.07. The summed E-state index contributed by atoms with van der Waals surface area (Å²) in [4.78, 5) is 10.7. The Hall–Kier alpha value is -0.830. The standard InChI is InChI=1S/C7H10O3/c1-3-4-5-6(10-5)7(8)9-2/h3-6H,1-2H3/b4-3+/t5-,6+/m0/s1. The highest BCUT2D eigenvalue weighted by Gasteiger charge is 2.43. The number of carbonyl (C=O) groups excluding carboxylic acids is 1. The molecule has 3 heteroatoms. The molecule has 1 fully saturated rings. The lowest BCUT2D eigenvalue weighted by molar-refractivity contribution is -0.142. The average Bonchev–Trinajstić information content (AvgIpc) is 2.67. The predicted octanol–water partition coefficient (Wildman–Crippen LogP) is 0.503. The molecule has 1 heterocycles. The molecule has 0 N–H and O–H groups in total. The number of rotatable bonds is 2. The van der Waals surface area contributed by atoms with Crippen molar-refractivity contribution in [2.75, 3.05) is 7.11 Å². The van der Waals surface area contributed by atoms with Crippen molar-refractivity contribution in [1.82, 2.24) is 0 Å². The summed E-state index contributed by atoms with van der Waals surface area (Å²) in [5, 5.41) is 0. The van der Waals surface area contributed by atoms with Crippen LogP contribution in [0, 0.1) is 0 Å². The summed E-state index contributed by atoms with van der Waals surface area (Å²) in [6, 6.07) is 0. The molecule has 0 aliphatic carbocycles. The summed E-state index contributed by atoms with van der Waals surface area (Å²) < 4.78 is 9.40. The number of carbonyl (C=O) groups is 1. The van der Waals surface area contributed by atoms with Crippen LogP contribution in [0.25, 0.3) is 0 Å². The number of methoxy groups -OCH3 is 1. The highest BCUT2D eigenvalue weighted by molar-refractivity contribution is 5.78. The molecule has 0 bridgehead atoms. The number of hydrogen-bond donors (Lipinski definition) is 0. The highest BCUT2D eigenvalue weighted by Crippen LogP contribution is 2.23. The zero-order valence-corrected chi connectivity index (χ0v) is 6.03. The molecule has 1 rings (SSSR count). The SMILES string of the molecule is C/C=C/[C@@H]1O[C@H]1C(=O)OC. The normalized spacial score (nSPS) is 30.6. The predicted molar refractivity (Wildman–Crippen MR) is 35.5 cm³/mol. The monoisotopic (exact) mass is 142 g/mol. The van der Waals surface area contributed by atoms with Crippen molar-refractivity contribution in [2.24, 2.45) is 0 Å². The van der Waals surface area contributed by atoms with Gasteiger partial charge < -0.3 is 9.47 Å². The van der Waals surface area contributed by atoms with Gasteiger partial charge in [-0.15, -0.1) is 0 Å². The van der Waals surface area contributed by atoms with Crippen LogP contribution in [0.5, 0.6) is 0 Å². The van der Waals surface area contributed by atoms with Gasteiger partial charge >= 0.3 is 5.97 Å². The summed E-state index contributed by atoms with van der Waals surface area (Å²) in [7, 11) is 1.36. The first-order valence-corrected chi connectivity index (χ1v) is 3.15. The number of ether oxygens (including phenoxy) is 2.